The van der Waals surface area contributed by atoms with Crippen LogP contribution >= 0.6 is 12.4 Å². The summed E-state index contributed by atoms with van der Waals surface area (Å²) in [5.74, 6) is 0. The molecule has 0 aromatic carbocycles. The summed E-state index contributed by atoms with van der Waals surface area (Å²) >= 11 is 0. The summed E-state index contributed by atoms with van der Waals surface area (Å²) < 4.78 is 0. The maximum atomic E-state index is 10.4. The van der Waals surface area contributed by atoms with Gasteiger partial charge in [0.05, 0.1) is 0 Å². The van der Waals surface area contributed by atoms with Crippen LogP contribution in [0.25, 0.3) is 0 Å². The molecular formula is C4H6ClN3O2. The Labute approximate surface area is 61.7 Å². The van der Waals surface area contributed by atoms with E-state index in [2.05, 4.69) is 4.98 Å². The first kappa shape index (κ1) is 8.77. The van der Waals surface area contributed by atoms with Crippen LogP contribution < -0.4 is 17.0 Å². The fraction of sp³-hybridized carbons (Fsp3) is 0. The molecule has 0 atom stereocenters. The molecule has 6 heteroatoms. The first-order chi connectivity index (χ1) is 4.20. The summed E-state index contributed by atoms with van der Waals surface area (Å²) in [5, 5.41) is 0. The molecule has 0 spiro atoms. The Morgan fingerprint density at radius 3 is 2.40 bits per heavy atom. The second-order valence-corrected chi connectivity index (χ2v) is 1.53. The zero-order valence-electron chi connectivity index (χ0n) is 4.88. The minimum atomic E-state index is -0.557. The molecule has 56 valence electrons. The van der Waals surface area contributed by atoms with Gasteiger partial charge in [-0.1, -0.05) is 0 Å². The maximum Gasteiger partial charge on any atom is 0.325 e. The van der Waals surface area contributed by atoms with Gasteiger partial charge in [-0.3, -0.25) is 9.78 Å². The van der Waals surface area contributed by atoms with Gasteiger partial charge in [0, 0.05) is 6.20 Å². The number of rotatable bonds is 0. The van der Waals surface area contributed by atoms with E-state index in [1.807, 2.05) is 4.98 Å². The number of anilines is 1. The standard InChI is InChI=1S/C4H5N3O2.ClH/c5-2-1-6-4(9)7-3(2)8;/h1H,5H2,(H2,6,7,8,9);1H. The first-order valence-electron chi connectivity index (χ1n) is 2.27. The van der Waals surface area contributed by atoms with Gasteiger partial charge in [0.15, 0.2) is 0 Å². The van der Waals surface area contributed by atoms with Crippen molar-refractivity contribution in [1.82, 2.24) is 9.97 Å². The lowest BCUT2D eigenvalue weighted by Gasteiger charge is -1.85. The third-order valence-electron chi connectivity index (χ3n) is 0.848. The number of halogens is 1. The van der Waals surface area contributed by atoms with Crippen molar-refractivity contribution in [3.05, 3.63) is 27.0 Å². The predicted octanol–water partition coefficient (Wildman–Crippen LogP) is -0.933. The average molecular weight is 164 g/mol. The number of hydrogen-bond acceptors (Lipinski definition) is 3. The van der Waals surface area contributed by atoms with Crippen molar-refractivity contribution in [1.29, 1.82) is 0 Å². The van der Waals surface area contributed by atoms with Gasteiger partial charge in [-0.05, 0) is 0 Å². The highest BCUT2D eigenvalue weighted by Gasteiger charge is 1.89. The van der Waals surface area contributed by atoms with E-state index in [0.29, 0.717) is 0 Å². The normalized spacial score (nSPS) is 8.40. The van der Waals surface area contributed by atoms with E-state index in [-0.39, 0.29) is 18.1 Å². The summed E-state index contributed by atoms with van der Waals surface area (Å²) in [6, 6.07) is 0. The van der Waals surface area contributed by atoms with Gasteiger partial charge in [0.1, 0.15) is 5.69 Å². The van der Waals surface area contributed by atoms with Gasteiger partial charge in [-0.15, -0.1) is 12.4 Å². The molecule has 0 aliphatic heterocycles. The highest BCUT2D eigenvalue weighted by molar-refractivity contribution is 5.85. The number of nitrogen functional groups attached to an aromatic ring is 1. The Morgan fingerprint density at radius 1 is 1.40 bits per heavy atom. The quantitative estimate of drug-likeness (QED) is 0.461. The van der Waals surface area contributed by atoms with Gasteiger partial charge in [0.25, 0.3) is 5.56 Å². The van der Waals surface area contributed by atoms with Crippen LogP contribution in [-0.2, 0) is 0 Å². The molecule has 0 radical (unpaired) electrons. The molecule has 1 heterocycles. The highest BCUT2D eigenvalue weighted by atomic mass is 35.5. The summed E-state index contributed by atoms with van der Waals surface area (Å²) in [6.45, 7) is 0. The molecule has 1 aromatic heterocycles. The zero-order chi connectivity index (χ0) is 6.85. The van der Waals surface area contributed by atoms with Crippen LogP contribution in [0.1, 0.15) is 0 Å². The van der Waals surface area contributed by atoms with Gasteiger partial charge < -0.3 is 10.7 Å². The summed E-state index contributed by atoms with van der Waals surface area (Å²) in [7, 11) is 0. The predicted molar refractivity (Wildman–Crippen MR) is 39.3 cm³/mol. The van der Waals surface area contributed by atoms with E-state index in [0.717, 1.165) is 6.20 Å². The molecular weight excluding hydrogens is 158 g/mol. The van der Waals surface area contributed by atoms with Gasteiger partial charge >= 0.3 is 5.69 Å². The first-order valence-corrected chi connectivity index (χ1v) is 2.27. The van der Waals surface area contributed by atoms with E-state index >= 15 is 0 Å². The number of nitrogens with one attached hydrogen (secondary N) is 2. The van der Waals surface area contributed by atoms with Gasteiger partial charge in [-0.25, -0.2) is 4.79 Å². The Balaban J connectivity index is 0.000000810. The third kappa shape index (κ3) is 1.63. The monoisotopic (exact) mass is 163 g/mol. The average Bonchev–Trinajstić information content (AvgIpc) is 1.80. The van der Waals surface area contributed by atoms with Crippen LogP contribution in [0.3, 0.4) is 0 Å². The Kier molecular flexibility index (Phi) is 2.69. The molecule has 0 amide bonds. The summed E-state index contributed by atoms with van der Waals surface area (Å²) in [4.78, 5) is 24.9. The lowest BCUT2D eigenvalue weighted by Crippen LogP contribution is -2.23. The van der Waals surface area contributed by atoms with Crippen molar-refractivity contribution in [3.63, 3.8) is 0 Å². The molecule has 0 bridgehead atoms. The van der Waals surface area contributed by atoms with Crippen LogP contribution in [0.2, 0.25) is 0 Å². The Bertz CT molecular complexity index is 315. The fourth-order valence-electron chi connectivity index (χ4n) is 0.420. The molecule has 0 saturated carbocycles. The topological polar surface area (TPSA) is 91.7 Å². The minimum absolute atomic E-state index is 0. The molecule has 0 unspecified atom stereocenters. The molecule has 4 N–H and O–H groups in total. The third-order valence-corrected chi connectivity index (χ3v) is 0.848. The van der Waals surface area contributed by atoms with Crippen LogP contribution in [0.4, 0.5) is 5.69 Å². The number of aromatic amines is 2. The van der Waals surface area contributed by atoms with Crippen LogP contribution in [0.5, 0.6) is 0 Å². The fourth-order valence-corrected chi connectivity index (χ4v) is 0.420. The molecule has 5 nitrogen and oxygen atoms in total. The molecule has 0 fully saturated rings. The lowest BCUT2D eigenvalue weighted by molar-refractivity contribution is 1.04. The molecule has 1 aromatic rings. The number of aromatic nitrogens is 2. The minimum Gasteiger partial charge on any atom is -0.393 e. The second kappa shape index (κ2) is 3.07. The maximum absolute atomic E-state index is 10.4. The summed E-state index contributed by atoms with van der Waals surface area (Å²) in [5.41, 5.74) is 3.98. The van der Waals surface area contributed by atoms with Gasteiger partial charge in [0.2, 0.25) is 0 Å². The van der Waals surface area contributed by atoms with Crippen molar-refractivity contribution in [2.45, 2.75) is 0 Å². The van der Waals surface area contributed by atoms with E-state index in [4.69, 9.17) is 5.73 Å². The number of H-pyrrole nitrogens is 2. The van der Waals surface area contributed by atoms with Gasteiger partial charge in [-0.2, -0.15) is 0 Å². The zero-order valence-corrected chi connectivity index (χ0v) is 5.70. The Hall–Kier alpha value is -1.23. The van der Waals surface area contributed by atoms with Crippen LogP contribution in [-0.4, -0.2) is 9.97 Å². The van der Waals surface area contributed by atoms with Crippen molar-refractivity contribution in [2.24, 2.45) is 0 Å². The smallest absolute Gasteiger partial charge is 0.325 e. The van der Waals surface area contributed by atoms with Crippen molar-refractivity contribution in [2.75, 3.05) is 5.73 Å². The SMILES string of the molecule is Cl.Nc1c[nH]c(=O)[nH]c1=O. The van der Waals surface area contributed by atoms with E-state index < -0.39 is 11.2 Å². The second-order valence-electron chi connectivity index (χ2n) is 1.53. The highest BCUT2D eigenvalue weighted by Crippen LogP contribution is 1.76. The molecule has 0 aliphatic rings. The molecule has 0 saturated heterocycles. The molecule has 10 heavy (non-hydrogen) atoms. The Morgan fingerprint density at radius 2 is 2.00 bits per heavy atom. The van der Waals surface area contributed by atoms with Crippen molar-refractivity contribution >= 4 is 18.1 Å². The van der Waals surface area contributed by atoms with Crippen molar-refractivity contribution in [3.8, 4) is 0 Å². The van der Waals surface area contributed by atoms with Crippen LogP contribution in [0.15, 0.2) is 15.8 Å². The van der Waals surface area contributed by atoms with E-state index in [9.17, 15) is 9.59 Å². The van der Waals surface area contributed by atoms with Crippen LogP contribution in [0, 0.1) is 0 Å². The largest absolute Gasteiger partial charge is 0.393 e. The number of hydrogen-bond donors (Lipinski definition) is 3. The lowest BCUT2D eigenvalue weighted by atomic mass is 10.6. The number of nitrogens with two attached hydrogens (primary N) is 1. The molecule has 1 rings (SSSR count). The summed E-state index contributed by atoms with van der Waals surface area (Å²) in [6.07, 6.45) is 1.15. The van der Waals surface area contributed by atoms with Crippen molar-refractivity contribution < 1.29 is 0 Å². The van der Waals surface area contributed by atoms with E-state index in [1.54, 1.807) is 0 Å². The van der Waals surface area contributed by atoms with E-state index in [1.165, 1.54) is 0 Å². The molecule has 0 aliphatic carbocycles.